The first kappa shape index (κ1) is 15.6. The van der Waals surface area contributed by atoms with Gasteiger partial charge in [0.1, 0.15) is 5.82 Å². The van der Waals surface area contributed by atoms with Crippen LogP contribution in [0, 0.1) is 5.82 Å². The molecule has 0 fully saturated rings. The van der Waals surface area contributed by atoms with Crippen molar-refractivity contribution in [2.75, 3.05) is 18.6 Å². The summed E-state index contributed by atoms with van der Waals surface area (Å²) in [5.41, 5.74) is -1.78. The number of carbonyl (C=O) groups excluding carboxylic acids is 1. The van der Waals surface area contributed by atoms with Gasteiger partial charge in [-0.25, -0.2) is 4.39 Å². The highest BCUT2D eigenvalue weighted by atomic mass is 32.2. The van der Waals surface area contributed by atoms with Crippen LogP contribution in [0.1, 0.15) is 15.9 Å². The number of halogens is 4. The van der Waals surface area contributed by atoms with Gasteiger partial charge in [-0.05, 0) is 18.2 Å². The predicted molar refractivity (Wildman–Crippen MR) is 62.7 cm³/mol. The molecule has 1 atom stereocenters. The second kappa shape index (κ2) is 6.14. The van der Waals surface area contributed by atoms with E-state index in [-0.39, 0.29) is 12.3 Å². The van der Waals surface area contributed by atoms with Crippen LogP contribution >= 0.6 is 0 Å². The zero-order chi connectivity index (χ0) is 14.6. The average Bonchev–Trinajstić information content (AvgIpc) is 2.27. The van der Waals surface area contributed by atoms with Crippen LogP contribution in [0.4, 0.5) is 17.6 Å². The van der Waals surface area contributed by atoms with Crippen molar-refractivity contribution >= 4 is 16.7 Å². The Kier molecular flexibility index (Phi) is 5.04. The summed E-state index contributed by atoms with van der Waals surface area (Å²) in [7, 11) is -1.15. The molecule has 1 N–H and O–H groups in total. The molecule has 1 aromatic carbocycles. The maximum atomic E-state index is 13.3. The third-order valence-electron chi connectivity index (χ3n) is 2.21. The quantitative estimate of drug-likeness (QED) is 0.864. The molecule has 0 radical (unpaired) electrons. The minimum atomic E-state index is -4.65. The SMILES string of the molecule is CS(=O)CCNC(=O)c1cc(C(F)(F)F)ccc1F. The van der Waals surface area contributed by atoms with Crippen LogP contribution in [0.5, 0.6) is 0 Å². The summed E-state index contributed by atoms with van der Waals surface area (Å²) >= 11 is 0. The smallest absolute Gasteiger partial charge is 0.351 e. The lowest BCUT2D eigenvalue weighted by molar-refractivity contribution is -0.137. The van der Waals surface area contributed by atoms with Crippen LogP contribution in [0.15, 0.2) is 18.2 Å². The molecule has 1 rings (SSSR count). The number of carbonyl (C=O) groups is 1. The molecule has 1 amide bonds. The molecule has 1 unspecified atom stereocenters. The molecule has 0 spiro atoms. The second-order valence-corrected chi connectivity index (χ2v) is 5.28. The highest BCUT2D eigenvalue weighted by Gasteiger charge is 2.31. The van der Waals surface area contributed by atoms with Gasteiger partial charge in [0.05, 0.1) is 11.1 Å². The highest BCUT2D eigenvalue weighted by Crippen LogP contribution is 2.30. The normalized spacial score (nSPS) is 13.1. The summed E-state index contributed by atoms with van der Waals surface area (Å²) in [6.45, 7) is -0.00235. The van der Waals surface area contributed by atoms with Gasteiger partial charge < -0.3 is 5.32 Å². The number of hydrogen-bond acceptors (Lipinski definition) is 2. The summed E-state index contributed by atoms with van der Waals surface area (Å²) in [5, 5.41) is 2.21. The molecule has 0 heterocycles. The van der Waals surface area contributed by atoms with Crippen LogP contribution < -0.4 is 5.32 Å². The Hall–Kier alpha value is -1.44. The third kappa shape index (κ3) is 4.62. The van der Waals surface area contributed by atoms with Gasteiger partial charge in [0.25, 0.3) is 5.91 Å². The maximum absolute atomic E-state index is 13.3. The van der Waals surface area contributed by atoms with E-state index in [9.17, 15) is 26.6 Å². The molecule has 0 aliphatic carbocycles. The van der Waals surface area contributed by atoms with Crippen molar-refractivity contribution in [2.24, 2.45) is 0 Å². The van der Waals surface area contributed by atoms with E-state index in [1.807, 2.05) is 0 Å². The second-order valence-electron chi connectivity index (χ2n) is 3.73. The topological polar surface area (TPSA) is 46.2 Å². The lowest BCUT2D eigenvalue weighted by Gasteiger charge is -2.10. The Morgan fingerprint density at radius 1 is 1.37 bits per heavy atom. The molecule has 0 aliphatic heterocycles. The van der Waals surface area contributed by atoms with Gasteiger partial charge in [-0.3, -0.25) is 9.00 Å². The standard InChI is InChI=1S/C11H11F4NO2S/c1-19(18)5-4-16-10(17)8-6-7(11(13,14)15)2-3-9(8)12/h2-3,6H,4-5H2,1H3,(H,16,17). The van der Waals surface area contributed by atoms with E-state index in [0.717, 1.165) is 0 Å². The summed E-state index contributed by atoms with van der Waals surface area (Å²) in [4.78, 5) is 11.5. The molecule has 0 saturated heterocycles. The van der Waals surface area contributed by atoms with E-state index < -0.39 is 39.8 Å². The molecule has 0 aliphatic rings. The lowest BCUT2D eigenvalue weighted by Crippen LogP contribution is -2.28. The number of hydrogen-bond donors (Lipinski definition) is 1. The minimum absolute atomic E-state index is 0.00235. The number of alkyl halides is 3. The summed E-state index contributed by atoms with van der Waals surface area (Å²) in [5.74, 6) is -1.86. The molecular formula is C11H11F4NO2S. The van der Waals surface area contributed by atoms with E-state index in [1.54, 1.807) is 0 Å². The Balaban J connectivity index is 2.87. The summed E-state index contributed by atoms with van der Waals surface area (Å²) in [6.07, 6.45) is -3.23. The number of nitrogens with one attached hydrogen (secondary N) is 1. The Morgan fingerprint density at radius 3 is 2.53 bits per heavy atom. The molecule has 0 saturated carbocycles. The number of amides is 1. The highest BCUT2D eigenvalue weighted by molar-refractivity contribution is 7.84. The third-order valence-corrected chi connectivity index (χ3v) is 2.99. The van der Waals surface area contributed by atoms with Gasteiger partial charge in [-0.15, -0.1) is 0 Å². The van der Waals surface area contributed by atoms with Gasteiger partial charge in [0.15, 0.2) is 0 Å². The van der Waals surface area contributed by atoms with Gasteiger partial charge >= 0.3 is 6.18 Å². The maximum Gasteiger partial charge on any atom is 0.416 e. The molecule has 106 valence electrons. The fourth-order valence-corrected chi connectivity index (χ4v) is 1.67. The molecule has 3 nitrogen and oxygen atoms in total. The number of rotatable bonds is 4. The zero-order valence-corrected chi connectivity index (χ0v) is 10.7. The first-order chi connectivity index (χ1) is 8.71. The van der Waals surface area contributed by atoms with E-state index >= 15 is 0 Å². The minimum Gasteiger partial charge on any atom is -0.351 e. The van der Waals surface area contributed by atoms with Crippen molar-refractivity contribution in [3.8, 4) is 0 Å². The van der Waals surface area contributed by atoms with Crippen LogP contribution in [-0.2, 0) is 17.0 Å². The van der Waals surface area contributed by atoms with Crippen molar-refractivity contribution in [1.82, 2.24) is 5.32 Å². The van der Waals surface area contributed by atoms with E-state index in [2.05, 4.69) is 5.32 Å². The van der Waals surface area contributed by atoms with Crippen LogP contribution in [0.2, 0.25) is 0 Å². The van der Waals surface area contributed by atoms with Gasteiger partial charge in [0, 0.05) is 29.4 Å². The molecule has 0 aromatic heterocycles. The van der Waals surface area contributed by atoms with E-state index in [0.29, 0.717) is 18.2 Å². The number of benzene rings is 1. The molecule has 19 heavy (non-hydrogen) atoms. The predicted octanol–water partition coefficient (Wildman–Crippen LogP) is 1.95. The first-order valence-electron chi connectivity index (χ1n) is 5.17. The van der Waals surface area contributed by atoms with Crippen LogP contribution in [-0.4, -0.2) is 28.7 Å². The molecular weight excluding hydrogens is 286 g/mol. The summed E-state index contributed by atoms with van der Waals surface area (Å²) < 4.78 is 61.3. The van der Waals surface area contributed by atoms with Crippen LogP contribution in [0.3, 0.4) is 0 Å². The van der Waals surface area contributed by atoms with Gasteiger partial charge in [-0.1, -0.05) is 0 Å². The van der Waals surface area contributed by atoms with Crippen molar-refractivity contribution in [3.05, 3.63) is 35.1 Å². The zero-order valence-electron chi connectivity index (χ0n) is 9.88. The first-order valence-corrected chi connectivity index (χ1v) is 6.89. The fraction of sp³-hybridized carbons (Fsp3) is 0.364. The van der Waals surface area contributed by atoms with Crippen molar-refractivity contribution < 1.29 is 26.6 Å². The van der Waals surface area contributed by atoms with Crippen molar-refractivity contribution in [3.63, 3.8) is 0 Å². The lowest BCUT2D eigenvalue weighted by atomic mass is 10.1. The van der Waals surface area contributed by atoms with Crippen LogP contribution in [0.25, 0.3) is 0 Å². The molecule has 1 aromatic rings. The van der Waals surface area contributed by atoms with Gasteiger partial charge in [-0.2, -0.15) is 13.2 Å². The average molecular weight is 297 g/mol. The van der Waals surface area contributed by atoms with E-state index in [1.165, 1.54) is 6.26 Å². The Bertz CT molecular complexity index is 502. The molecule has 8 heteroatoms. The largest absolute Gasteiger partial charge is 0.416 e. The van der Waals surface area contributed by atoms with Gasteiger partial charge in [0.2, 0.25) is 0 Å². The van der Waals surface area contributed by atoms with Crippen molar-refractivity contribution in [2.45, 2.75) is 6.18 Å². The van der Waals surface area contributed by atoms with Crippen molar-refractivity contribution in [1.29, 1.82) is 0 Å². The molecule has 0 bridgehead atoms. The summed E-state index contributed by atoms with van der Waals surface area (Å²) in [6, 6.07) is 1.61. The Morgan fingerprint density at radius 2 is 2.00 bits per heavy atom. The fourth-order valence-electron chi connectivity index (χ4n) is 1.28. The monoisotopic (exact) mass is 297 g/mol. The van der Waals surface area contributed by atoms with E-state index in [4.69, 9.17) is 0 Å². The Labute approximate surface area is 109 Å².